The molecule has 0 amide bonds. The SMILES string of the molecule is CCCC(COC)NC1CC(c2ccccc2F)C1. The largest absolute Gasteiger partial charge is 0.383 e. The van der Waals surface area contributed by atoms with Gasteiger partial charge in [-0.2, -0.15) is 0 Å². The minimum Gasteiger partial charge on any atom is -0.383 e. The van der Waals surface area contributed by atoms with E-state index in [-0.39, 0.29) is 5.82 Å². The third-order valence-electron chi connectivity index (χ3n) is 3.96. The Morgan fingerprint density at radius 2 is 2.11 bits per heavy atom. The predicted octanol–water partition coefficient (Wildman–Crippen LogP) is 3.48. The summed E-state index contributed by atoms with van der Waals surface area (Å²) in [6.45, 7) is 2.95. The Bertz CT molecular complexity index is 384. The third-order valence-corrected chi connectivity index (χ3v) is 3.96. The van der Waals surface area contributed by atoms with Crippen LogP contribution in [-0.2, 0) is 4.74 Å². The first-order valence-electron chi connectivity index (χ1n) is 7.24. The van der Waals surface area contributed by atoms with E-state index in [4.69, 9.17) is 4.74 Å². The van der Waals surface area contributed by atoms with Crippen LogP contribution in [0.1, 0.15) is 44.1 Å². The second kappa shape index (κ2) is 7.01. The Kier molecular flexibility index (Phi) is 5.34. The smallest absolute Gasteiger partial charge is 0.126 e. The summed E-state index contributed by atoms with van der Waals surface area (Å²) in [5, 5.41) is 3.63. The molecule has 1 unspecified atom stereocenters. The molecule has 1 aromatic carbocycles. The topological polar surface area (TPSA) is 21.3 Å². The highest BCUT2D eigenvalue weighted by Gasteiger charge is 2.32. The second-order valence-electron chi connectivity index (χ2n) is 5.49. The maximum atomic E-state index is 13.7. The van der Waals surface area contributed by atoms with Crippen molar-refractivity contribution in [1.29, 1.82) is 0 Å². The van der Waals surface area contributed by atoms with Crippen molar-refractivity contribution in [3.05, 3.63) is 35.6 Å². The molecule has 1 aliphatic carbocycles. The lowest BCUT2D eigenvalue weighted by molar-refractivity contribution is 0.141. The van der Waals surface area contributed by atoms with Gasteiger partial charge in [0.05, 0.1) is 6.61 Å². The molecule has 1 aromatic rings. The first-order valence-corrected chi connectivity index (χ1v) is 7.24. The van der Waals surface area contributed by atoms with E-state index in [2.05, 4.69) is 12.2 Å². The van der Waals surface area contributed by atoms with Gasteiger partial charge in [0.15, 0.2) is 0 Å². The zero-order valence-electron chi connectivity index (χ0n) is 11.9. The number of ether oxygens (including phenoxy) is 1. The number of nitrogens with one attached hydrogen (secondary N) is 1. The minimum absolute atomic E-state index is 0.0621. The molecule has 2 nitrogen and oxygen atoms in total. The summed E-state index contributed by atoms with van der Waals surface area (Å²) >= 11 is 0. The minimum atomic E-state index is -0.0621. The molecule has 19 heavy (non-hydrogen) atoms. The fraction of sp³-hybridized carbons (Fsp3) is 0.625. The van der Waals surface area contributed by atoms with Gasteiger partial charge >= 0.3 is 0 Å². The molecule has 0 spiro atoms. The number of rotatable bonds is 7. The normalized spacial score (nSPS) is 23.9. The van der Waals surface area contributed by atoms with Crippen LogP contribution in [-0.4, -0.2) is 25.8 Å². The first-order chi connectivity index (χ1) is 9.24. The summed E-state index contributed by atoms with van der Waals surface area (Å²) in [5.41, 5.74) is 0.874. The van der Waals surface area contributed by atoms with E-state index < -0.39 is 0 Å². The average Bonchev–Trinajstić information content (AvgIpc) is 2.35. The lowest BCUT2D eigenvalue weighted by atomic mass is 9.75. The Morgan fingerprint density at radius 1 is 1.37 bits per heavy atom. The van der Waals surface area contributed by atoms with E-state index >= 15 is 0 Å². The van der Waals surface area contributed by atoms with Gasteiger partial charge in [-0.3, -0.25) is 0 Å². The van der Waals surface area contributed by atoms with Crippen LogP contribution in [0.4, 0.5) is 4.39 Å². The van der Waals surface area contributed by atoms with Crippen LogP contribution in [0.2, 0.25) is 0 Å². The molecule has 0 heterocycles. The van der Waals surface area contributed by atoms with Gasteiger partial charge < -0.3 is 10.1 Å². The van der Waals surface area contributed by atoms with Crippen molar-refractivity contribution in [2.45, 2.75) is 50.6 Å². The van der Waals surface area contributed by atoms with E-state index in [0.717, 1.165) is 37.9 Å². The Labute approximate surface area is 115 Å². The Morgan fingerprint density at radius 3 is 2.74 bits per heavy atom. The molecule has 3 heteroatoms. The van der Waals surface area contributed by atoms with Gasteiger partial charge in [0.2, 0.25) is 0 Å². The van der Waals surface area contributed by atoms with Gasteiger partial charge in [-0.15, -0.1) is 0 Å². The molecule has 0 radical (unpaired) electrons. The highest BCUT2D eigenvalue weighted by molar-refractivity contribution is 5.24. The van der Waals surface area contributed by atoms with Gasteiger partial charge in [0.25, 0.3) is 0 Å². The van der Waals surface area contributed by atoms with Crippen LogP contribution in [0, 0.1) is 5.82 Å². The van der Waals surface area contributed by atoms with Gasteiger partial charge in [-0.25, -0.2) is 4.39 Å². The number of benzene rings is 1. The molecule has 2 rings (SSSR count). The van der Waals surface area contributed by atoms with Crippen molar-refractivity contribution >= 4 is 0 Å². The van der Waals surface area contributed by atoms with Crippen LogP contribution < -0.4 is 5.32 Å². The molecule has 106 valence electrons. The summed E-state index contributed by atoms with van der Waals surface area (Å²) < 4.78 is 18.9. The summed E-state index contributed by atoms with van der Waals surface area (Å²) in [5.74, 6) is 0.316. The van der Waals surface area contributed by atoms with Crippen LogP contribution in [0.3, 0.4) is 0 Å². The first kappa shape index (κ1) is 14.5. The third kappa shape index (κ3) is 3.77. The predicted molar refractivity (Wildman–Crippen MR) is 75.9 cm³/mol. The zero-order chi connectivity index (χ0) is 13.7. The van der Waals surface area contributed by atoms with E-state index in [1.54, 1.807) is 19.2 Å². The molecule has 1 N–H and O–H groups in total. The molecule has 1 atom stereocenters. The summed E-state index contributed by atoms with van der Waals surface area (Å²) in [7, 11) is 1.74. The highest BCUT2D eigenvalue weighted by atomic mass is 19.1. The van der Waals surface area contributed by atoms with Crippen molar-refractivity contribution in [2.24, 2.45) is 0 Å². The highest BCUT2D eigenvalue weighted by Crippen LogP contribution is 2.38. The molecule has 0 aliphatic heterocycles. The van der Waals surface area contributed by atoms with Crippen molar-refractivity contribution in [3.63, 3.8) is 0 Å². The quantitative estimate of drug-likeness (QED) is 0.815. The van der Waals surface area contributed by atoms with Crippen molar-refractivity contribution in [2.75, 3.05) is 13.7 Å². The second-order valence-corrected chi connectivity index (χ2v) is 5.49. The van der Waals surface area contributed by atoms with Crippen LogP contribution in [0.25, 0.3) is 0 Å². The zero-order valence-corrected chi connectivity index (χ0v) is 11.9. The number of halogens is 1. The van der Waals surface area contributed by atoms with Crippen molar-refractivity contribution in [3.8, 4) is 0 Å². The van der Waals surface area contributed by atoms with Gasteiger partial charge in [0, 0.05) is 19.2 Å². The van der Waals surface area contributed by atoms with E-state index in [1.165, 1.54) is 0 Å². The average molecular weight is 265 g/mol. The van der Waals surface area contributed by atoms with Crippen LogP contribution in [0.15, 0.2) is 24.3 Å². The molecule has 1 aliphatic rings. The van der Waals surface area contributed by atoms with Gasteiger partial charge in [0.1, 0.15) is 5.82 Å². The molecular formula is C16H24FNO. The molecule has 0 aromatic heterocycles. The number of hydrogen-bond acceptors (Lipinski definition) is 2. The van der Waals surface area contributed by atoms with Crippen molar-refractivity contribution in [1.82, 2.24) is 5.32 Å². The molecule has 0 saturated heterocycles. The number of hydrogen-bond donors (Lipinski definition) is 1. The maximum absolute atomic E-state index is 13.7. The molecular weight excluding hydrogens is 241 g/mol. The molecule has 1 fully saturated rings. The lowest BCUT2D eigenvalue weighted by Crippen LogP contribution is -2.47. The standard InChI is InChI=1S/C16H24FNO/c1-3-6-13(11-19-2)18-14-9-12(10-14)15-7-4-5-8-16(15)17/h4-5,7-8,12-14,18H,3,6,9-11H2,1-2H3. The van der Waals surface area contributed by atoms with Crippen LogP contribution in [0.5, 0.6) is 0 Å². The molecule has 0 bridgehead atoms. The lowest BCUT2D eigenvalue weighted by Gasteiger charge is -2.38. The van der Waals surface area contributed by atoms with Crippen molar-refractivity contribution < 1.29 is 9.13 Å². The summed E-state index contributed by atoms with van der Waals surface area (Å²) in [4.78, 5) is 0. The van der Waals surface area contributed by atoms with E-state index in [1.807, 2.05) is 12.1 Å². The van der Waals surface area contributed by atoms with Gasteiger partial charge in [-0.05, 0) is 36.8 Å². The molecule has 1 saturated carbocycles. The van der Waals surface area contributed by atoms with E-state index in [9.17, 15) is 4.39 Å². The summed E-state index contributed by atoms with van der Waals surface area (Å²) in [6, 6.07) is 8.08. The van der Waals surface area contributed by atoms with Gasteiger partial charge in [-0.1, -0.05) is 31.5 Å². The monoisotopic (exact) mass is 265 g/mol. The summed E-state index contributed by atoms with van der Waals surface area (Å²) in [6.07, 6.45) is 4.36. The van der Waals surface area contributed by atoms with E-state index in [0.29, 0.717) is 18.0 Å². The Balaban J connectivity index is 1.81. The van der Waals surface area contributed by atoms with Crippen LogP contribution >= 0.6 is 0 Å². The maximum Gasteiger partial charge on any atom is 0.126 e. The fourth-order valence-electron chi connectivity index (χ4n) is 2.91. The number of methoxy groups -OCH3 is 1. The fourth-order valence-corrected chi connectivity index (χ4v) is 2.91. The Hall–Kier alpha value is -0.930.